The molecule has 0 bridgehead atoms. The number of methoxy groups -OCH3 is 1. The lowest BCUT2D eigenvalue weighted by molar-refractivity contribution is 0.108. The van der Waals surface area contributed by atoms with E-state index in [-0.39, 0.29) is 31.1 Å². The quantitative estimate of drug-likeness (QED) is 0.822. The van der Waals surface area contributed by atoms with E-state index in [1.165, 1.54) is 28.4 Å². The minimum absolute atomic E-state index is 0.0930. The van der Waals surface area contributed by atoms with Crippen LogP contribution in [0.5, 0.6) is 0 Å². The number of hydrogen-bond donors (Lipinski definition) is 0. The molecule has 1 heterocycles. The summed E-state index contributed by atoms with van der Waals surface area (Å²) in [5.74, 6) is -0.470. The zero-order valence-electron chi connectivity index (χ0n) is 11.9. The van der Waals surface area contributed by atoms with Crippen molar-refractivity contribution in [2.45, 2.75) is 11.8 Å². The predicted molar refractivity (Wildman–Crippen MR) is 73.9 cm³/mol. The van der Waals surface area contributed by atoms with Crippen LogP contribution in [0.15, 0.2) is 23.1 Å². The van der Waals surface area contributed by atoms with Gasteiger partial charge < -0.3 is 9.64 Å². The van der Waals surface area contributed by atoms with Crippen LogP contribution in [-0.2, 0) is 14.8 Å². The van der Waals surface area contributed by atoms with Crippen molar-refractivity contribution in [3.05, 3.63) is 29.6 Å². The predicted octanol–water partition coefficient (Wildman–Crippen LogP) is 1.21. The summed E-state index contributed by atoms with van der Waals surface area (Å²) < 4.78 is 44.1. The molecule has 116 valence electrons. The van der Waals surface area contributed by atoms with Gasteiger partial charge in [-0.2, -0.15) is 4.31 Å². The first-order valence-electron chi connectivity index (χ1n) is 6.45. The Morgan fingerprint density at radius 1 is 1.24 bits per heavy atom. The van der Waals surface area contributed by atoms with Gasteiger partial charge in [0.15, 0.2) is 0 Å². The van der Waals surface area contributed by atoms with E-state index in [1.807, 2.05) is 0 Å². The third-order valence-corrected chi connectivity index (χ3v) is 5.49. The minimum Gasteiger partial charge on any atom is -0.453 e. The summed E-state index contributed by atoms with van der Waals surface area (Å²) in [5.41, 5.74) is 0.366. The van der Waals surface area contributed by atoms with Crippen LogP contribution in [0.2, 0.25) is 0 Å². The molecule has 0 radical (unpaired) electrons. The second kappa shape index (κ2) is 5.98. The molecule has 0 saturated carbocycles. The number of carbonyl (C=O) groups excluding carboxylic acids is 1. The molecule has 1 fully saturated rings. The normalized spacial score (nSPS) is 16.8. The van der Waals surface area contributed by atoms with E-state index in [0.717, 1.165) is 6.07 Å². The molecule has 1 aliphatic heterocycles. The number of amides is 1. The Balaban J connectivity index is 2.17. The second-order valence-electron chi connectivity index (χ2n) is 4.77. The molecule has 1 saturated heterocycles. The Morgan fingerprint density at radius 2 is 1.86 bits per heavy atom. The van der Waals surface area contributed by atoms with E-state index >= 15 is 0 Å². The number of nitrogens with zero attached hydrogens (tertiary/aromatic N) is 2. The van der Waals surface area contributed by atoms with Crippen LogP contribution in [0.1, 0.15) is 5.56 Å². The number of piperazine rings is 1. The first kappa shape index (κ1) is 15.7. The first-order chi connectivity index (χ1) is 9.86. The summed E-state index contributed by atoms with van der Waals surface area (Å²) in [6.07, 6.45) is -0.468. The van der Waals surface area contributed by atoms with Crippen molar-refractivity contribution >= 4 is 16.1 Å². The number of ether oxygens (including phenoxy) is 1. The zero-order chi connectivity index (χ0) is 15.6. The molecule has 1 aliphatic rings. The van der Waals surface area contributed by atoms with Crippen LogP contribution in [0.4, 0.5) is 9.18 Å². The number of benzene rings is 1. The highest BCUT2D eigenvalue weighted by Crippen LogP contribution is 2.22. The van der Waals surface area contributed by atoms with Gasteiger partial charge in [0.25, 0.3) is 0 Å². The highest BCUT2D eigenvalue weighted by atomic mass is 32.2. The van der Waals surface area contributed by atoms with Crippen LogP contribution in [0.25, 0.3) is 0 Å². The molecule has 8 heteroatoms. The monoisotopic (exact) mass is 316 g/mol. The lowest BCUT2D eigenvalue weighted by atomic mass is 10.2. The van der Waals surface area contributed by atoms with E-state index in [9.17, 15) is 17.6 Å². The highest BCUT2D eigenvalue weighted by Gasteiger charge is 2.31. The third kappa shape index (κ3) is 3.16. The lowest BCUT2D eigenvalue weighted by Gasteiger charge is -2.33. The maximum absolute atomic E-state index is 13.1. The van der Waals surface area contributed by atoms with Crippen molar-refractivity contribution in [2.24, 2.45) is 0 Å². The van der Waals surface area contributed by atoms with E-state index in [0.29, 0.717) is 5.56 Å². The first-order valence-corrected chi connectivity index (χ1v) is 7.89. The molecule has 1 aromatic rings. The van der Waals surface area contributed by atoms with Crippen molar-refractivity contribution in [3.63, 3.8) is 0 Å². The number of halogens is 1. The number of rotatable bonds is 2. The average molecular weight is 316 g/mol. The zero-order valence-corrected chi connectivity index (χ0v) is 12.7. The van der Waals surface area contributed by atoms with Gasteiger partial charge in [-0.05, 0) is 30.7 Å². The molecule has 1 aromatic carbocycles. The maximum atomic E-state index is 13.1. The average Bonchev–Trinajstić information content (AvgIpc) is 2.46. The molecular weight excluding hydrogens is 299 g/mol. The lowest BCUT2D eigenvalue weighted by Crippen LogP contribution is -2.50. The summed E-state index contributed by atoms with van der Waals surface area (Å²) in [4.78, 5) is 12.9. The Labute approximate surface area is 123 Å². The maximum Gasteiger partial charge on any atom is 0.409 e. The second-order valence-corrected chi connectivity index (χ2v) is 6.68. The topological polar surface area (TPSA) is 66.9 Å². The molecule has 0 aromatic heterocycles. The summed E-state index contributed by atoms with van der Waals surface area (Å²) in [5, 5.41) is 0. The summed E-state index contributed by atoms with van der Waals surface area (Å²) >= 11 is 0. The smallest absolute Gasteiger partial charge is 0.409 e. The summed E-state index contributed by atoms with van der Waals surface area (Å²) in [6.45, 7) is 2.47. The SMILES string of the molecule is COC(=O)N1CCN(S(=O)(=O)c2ccc(F)cc2C)CC1. The molecule has 0 unspecified atom stereocenters. The molecule has 1 amide bonds. The standard InChI is InChI=1S/C13H17FN2O4S/c1-10-9-11(14)3-4-12(10)21(18,19)16-7-5-15(6-8-16)13(17)20-2/h3-4,9H,5-8H2,1-2H3. The largest absolute Gasteiger partial charge is 0.453 e. The van der Waals surface area contributed by atoms with Gasteiger partial charge in [0, 0.05) is 26.2 Å². The number of sulfonamides is 1. The summed E-state index contributed by atoms with van der Waals surface area (Å²) in [7, 11) is -2.39. The Bertz CT molecular complexity index is 640. The molecule has 0 aliphatic carbocycles. The molecule has 0 atom stereocenters. The van der Waals surface area contributed by atoms with Gasteiger partial charge in [0.2, 0.25) is 10.0 Å². The molecule has 21 heavy (non-hydrogen) atoms. The van der Waals surface area contributed by atoms with Crippen molar-refractivity contribution in [3.8, 4) is 0 Å². The van der Waals surface area contributed by atoms with E-state index in [2.05, 4.69) is 4.74 Å². The highest BCUT2D eigenvalue weighted by molar-refractivity contribution is 7.89. The van der Waals surface area contributed by atoms with Crippen LogP contribution in [-0.4, -0.2) is 57.0 Å². The fourth-order valence-electron chi connectivity index (χ4n) is 2.28. The molecule has 0 spiro atoms. The molecule has 6 nitrogen and oxygen atoms in total. The van der Waals surface area contributed by atoms with Crippen LogP contribution in [0.3, 0.4) is 0 Å². The molecule has 2 rings (SSSR count). The van der Waals surface area contributed by atoms with Gasteiger partial charge in [0.1, 0.15) is 5.82 Å². The van der Waals surface area contributed by atoms with Crippen molar-refractivity contribution in [1.82, 2.24) is 9.21 Å². The Hall–Kier alpha value is -1.67. The van der Waals surface area contributed by atoms with E-state index < -0.39 is 21.9 Å². The van der Waals surface area contributed by atoms with Crippen molar-refractivity contribution < 1.29 is 22.3 Å². The van der Waals surface area contributed by atoms with Crippen LogP contribution >= 0.6 is 0 Å². The number of hydrogen-bond acceptors (Lipinski definition) is 4. The Kier molecular flexibility index (Phi) is 4.48. The Morgan fingerprint density at radius 3 is 2.38 bits per heavy atom. The fraction of sp³-hybridized carbons (Fsp3) is 0.462. The van der Waals surface area contributed by atoms with E-state index in [1.54, 1.807) is 6.92 Å². The van der Waals surface area contributed by atoms with Crippen LogP contribution < -0.4 is 0 Å². The minimum atomic E-state index is -3.68. The van der Waals surface area contributed by atoms with Crippen LogP contribution in [0, 0.1) is 12.7 Å². The number of carbonyl (C=O) groups is 1. The fourth-order valence-corrected chi connectivity index (χ4v) is 3.91. The number of aryl methyl sites for hydroxylation is 1. The van der Waals surface area contributed by atoms with E-state index in [4.69, 9.17) is 0 Å². The van der Waals surface area contributed by atoms with Gasteiger partial charge >= 0.3 is 6.09 Å². The van der Waals surface area contributed by atoms with Gasteiger partial charge in [-0.1, -0.05) is 0 Å². The van der Waals surface area contributed by atoms with Crippen molar-refractivity contribution in [1.29, 1.82) is 0 Å². The molecule has 0 N–H and O–H groups in total. The van der Waals surface area contributed by atoms with Gasteiger partial charge in [0.05, 0.1) is 12.0 Å². The summed E-state index contributed by atoms with van der Waals surface area (Å²) in [6, 6.07) is 3.59. The van der Waals surface area contributed by atoms with Gasteiger partial charge in [-0.15, -0.1) is 0 Å². The van der Waals surface area contributed by atoms with Crippen molar-refractivity contribution in [2.75, 3.05) is 33.3 Å². The third-order valence-electron chi connectivity index (χ3n) is 3.43. The molecular formula is C13H17FN2O4S. The van der Waals surface area contributed by atoms with Gasteiger partial charge in [-0.3, -0.25) is 0 Å². The van der Waals surface area contributed by atoms with Gasteiger partial charge in [-0.25, -0.2) is 17.6 Å².